The molecule has 4 rings (SSSR count). The molecule has 4 aromatic rings. The minimum atomic E-state index is -0.505. The molecule has 0 bridgehead atoms. The average molecular weight is 379 g/mol. The number of aromatic amines is 1. The highest BCUT2D eigenvalue weighted by atomic mass is 19.1. The summed E-state index contributed by atoms with van der Waals surface area (Å²) in [6.07, 6.45) is 3.16. The first kappa shape index (κ1) is 17.9. The maximum Gasteiger partial charge on any atom is 0.260 e. The Hall–Kier alpha value is -3.45. The molecule has 0 unspecified atom stereocenters. The third-order valence-electron chi connectivity index (χ3n) is 4.41. The fraction of sp³-hybridized carbons (Fsp3) is 0.143. The van der Waals surface area contributed by atoms with Gasteiger partial charge in [0.25, 0.3) is 5.56 Å². The molecule has 0 aliphatic carbocycles. The van der Waals surface area contributed by atoms with Crippen LogP contribution >= 0.6 is 0 Å². The van der Waals surface area contributed by atoms with E-state index in [1.807, 2.05) is 34.9 Å². The van der Waals surface area contributed by atoms with Crippen LogP contribution in [0.4, 0.5) is 4.39 Å². The molecule has 0 amide bonds. The SMILES string of the molecule is COCCOc1ccc(-c2cn(-c3ccccc3)c3nc[nH]c(=O)c23)cc1F. The van der Waals surface area contributed by atoms with Crippen LogP contribution in [0, 0.1) is 5.82 Å². The first-order chi connectivity index (χ1) is 13.7. The largest absolute Gasteiger partial charge is 0.488 e. The zero-order valence-electron chi connectivity index (χ0n) is 15.2. The lowest BCUT2D eigenvalue weighted by molar-refractivity contribution is 0.144. The topological polar surface area (TPSA) is 69.1 Å². The molecule has 0 fully saturated rings. The zero-order chi connectivity index (χ0) is 19.5. The highest BCUT2D eigenvalue weighted by Gasteiger charge is 2.17. The van der Waals surface area contributed by atoms with Gasteiger partial charge in [0.05, 0.1) is 18.3 Å². The second-order valence-electron chi connectivity index (χ2n) is 6.17. The van der Waals surface area contributed by atoms with Crippen molar-refractivity contribution < 1.29 is 13.9 Å². The van der Waals surface area contributed by atoms with E-state index in [4.69, 9.17) is 9.47 Å². The van der Waals surface area contributed by atoms with Gasteiger partial charge in [0, 0.05) is 24.6 Å². The van der Waals surface area contributed by atoms with Gasteiger partial charge in [-0.25, -0.2) is 9.37 Å². The van der Waals surface area contributed by atoms with Crippen LogP contribution in [0.2, 0.25) is 0 Å². The lowest BCUT2D eigenvalue weighted by Crippen LogP contribution is -2.07. The van der Waals surface area contributed by atoms with Gasteiger partial charge in [-0.05, 0) is 29.8 Å². The predicted molar refractivity (Wildman–Crippen MR) is 104 cm³/mol. The number of fused-ring (bicyclic) bond motifs is 1. The van der Waals surface area contributed by atoms with Crippen molar-refractivity contribution in [2.75, 3.05) is 20.3 Å². The lowest BCUT2D eigenvalue weighted by atomic mass is 10.1. The number of nitrogens with zero attached hydrogens (tertiary/aromatic N) is 2. The van der Waals surface area contributed by atoms with E-state index in [-0.39, 0.29) is 17.9 Å². The first-order valence-corrected chi connectivity index (χ1v) is 8.75. The Morgan fingerprint density at radius 2 is 1.96 bits per heavy atom. The molecule has 142 valence electrons. The van der Waals surface area contributed by atoms with Crippen molar-refractivity contribution in [2.45, 2.75) is 0 Å². The summed E-state index contributed by atoms with van der Waals surface area (Å²) in [7, 11) is 1.55. The summed E-state index contributed by atoms with van der Waals surface area (Å²) in [5, 5.41) is 0.402. The van der Waals surface area contributed by atoms with Gasteiger partial charge in [0.2, 0.25) is 0 Å². The number of nitrogens with one attached hydrogen (secondary N) is 1. The smallest absolute Gasteiger partial charge is 0.260 e. The van der Waals surface area contributed by atoms with E-state index < -0.39 is 5.82 Å². The summed E-state index contributed by atoms with van der Waals surface area (Å²) >= 11 is 0. The minimum absolute atomic E-state index is 0.139. The zero-order valence-corrected chi connectivity index (χ0v) is 15.2. The van der Waals surface area contributed by atoms with Crippen LogP contribution in [0.15, 0.2) is 65.8 Å². The molecule has 0 saturated heterocycles. The Labute approximate surface area is 160 Å². The number of rotatable bonds is 6. The molecule has 6 nitrogen and oxygen atoms in total. The van der Waals surface area contributed by atoms with Crippen molar-refractivity contribution in [2.24, 2.45) is 0 Å². The van der Waals surface area contributed by atoms with Gasteiger partial charge in [-0.3, -0.25) is 4.79 Å². The highest BCUT2D eigenvalue weighted by Crippen LogP contribution is 2.32. The van der Waals surface area contributed by atoms with Gasteiger partial charge < -0.3 is 19.0 Å². The van der Waals surface area contributed by atoms with Gasteiger partial charge in [-0.15, -0.1) is 0 Å². The van der Waals surface area contributed by atoms with Gasteiger partial charge >= 0.3 is 0 Å². The second kappa shape index (κ2) is 7.66. The molecule has 0 aliphatic rings. The molecule has 28 heavy (non-hydrogen) atoms. The number of hydrogen-bond donors (Lipinski definition) is 1. The maximum atomic E-state index is 14.5. The van der Waals surface area contributed by atoms with Crippen molar-refractivity contribution in [3.63, 3.8) is 0 Å². The van der Waals surface area contributed by atoms with Crippen LogP contribution in [0.5, 0.6) is 5.75 Å². The summed E-state index contributed by atoms with van der Waals surface area (Å²) < 4.78 is 26.6. The summed E-state index contributed by atoms with van der Waals surface area (Å²) in [4.78, 5) is 19.4. The third-order valence-corrected chi connectivity index (χ3v) is 4.41. The quantitative estimate of drug-likeness (QED) is 0.520. The summed E-state index contributed by atoms with van der Waals surface area (Å²) in [5.74, 6) is -0.367. The molecule has 2 aromatic heterocycles. The van der Waals surface area contributed by atoms with Gasteiger partial charge in [-0.1, -0.05) is 24.3 Å². The number of aromatic nitrogens is 3. The average Bonchev–Trinajstić information content (AvgIpc) is 3.11. The van der Waals surface area contributed by atoms with Crippen LogP contribution in [0.1, 0.15) is 0 Å². The number of hydrogen-bond acceptors (Lipinski definition) is 4. The van der Waals surface area contributed by atoms with Crippen LogP contribution in [-0.4, -0.2) is 34.9 Å². The van der Waals surface area contributed by atoms with E-state index in [1.165, 1.54) is 12.4 Å². The molecule has 0 saturated carbocycles. The van der Waals surface area contributed by atoms with Gasteiger partial charge in [-0.2, -0.15) is 0 Å². The number of benzene rings is 2. The van der Waals surface area contributed by atoms with Crippen LogP contribution in [0.3, 0.4) is 0 Å². The Morgan fingerprint density at radius 1 is 1.14 bits per heavy atom. The van der Waals surface area contributed by atoms with Gasteiger partial charge in [0.15, 0.2) is 17.2 Å². The highest BCUT2D eigenvalue weighted by molar-refractivity contribution is 5.94. The van der Waals surface area contributed by atoms with E-state index >= 15 is 0 Å². The Bertz CT molecular complexity index is 1170. The van der Waals surface area contributed by atoms with Crippen molar-refractivity contribution >= 4 is 11.0 Å². The van der Waals surface area contributed by atoms with Crippen LogP contribution in [0.25, 0.3) is 27.8 Å². The van der Waals surface area contributed by atoms with E-state index in [0.29, 0.717) is 28.8 Å². The Kier molecular flexibility index (Phi) is 4.90. The number of ether oxygens (including phenoxy) is 2. The molecule has 7 heteroatoms. The maximum absolute atomic E-state index is 14.5. The fourth-order valence-corrected chi connectivity index (χ4v) is 3.10. The molecule has 2 aromatic carbocycles. The van der Waals surface area contributed by atoms with Crippen molar-refractivity contribution in [3.05, 3.63) is 77.2 Å². The first-order valence-electron chi connectivity index (χ1n) is 8.75. The summed E-state index contributed by atoms with van der Waals surface area (Å²) in [5.41, 5.74) is 2.24. The Balaban J connectivity index is 1.83. The second-order valence-corrected chi connectivity index (χ2v) is 6.17. The molecular weight excluding hydrogens is 361 g/mol. The summed E-state index contributed by atoms with van der Waals surface area (Å²) in [6, 6.07) is 14.2. The molecule has 0 atom stereocenters. The van der Waals surface area contributed by atoms with E-state index in [1.54, 1.807) is 25.4 Å². The fourth-order valence-electron chi connectivity index (χ4n) is 3.10. The number of methoxy groups -OCH3 is 1. The van der Waals surface area contributed by atoms with Gasteiger partial charge in [0.1, 0.15) is 6.61 Å². The van der Waals surface area contributed by atoms with Crippen LogP contribution in [-0.2, 0) is 4.74 Å². The molecule has 1 N–H and O–H groups in total. The third kappa shape index (κ3) is 3.27. The van der Waals surface area contributed by atoms with E-state index in [2.05, 4.69) is 9.97 Å². The predicted octanol–water partition coefficient (Wildman–Crippen LogP) is 3.55. The number of H-pyrrole nitrogens is 1. The molecule has 0 radical (unpaired) electrons. The van der Waals surface area contributed by atoms with Crippen molar-refractivity contribution in [1.82, 2.24) is 14.5 Å². The molecule has 0 spiro atoms. The summed E-state index contributed by atoms with van der Waals surface area (Å²) in [6.45, 7) is 0.621. The van der Waals surface area contributed by atoms with Crippen LogP contribution < -0.4 is 10.3 Å². The van der Waals surface area contributed by atoms with E-state index in [9.17, 15) is 9.18 Å². The normalized spacial score (nSPS) is 11.1. The van der Waals surface area contributed by atoms with Crippen molar-refractivity contribution in [1.29, 1.82) is 0 Å². The number of para-hydroxylation sites is 1. The molecule has 0 aliphatic heterocycles. The minimum Gasteiger partial charge on any atom is -0.488 e. The monoisotopic (exact) mass is 379 g/mol. The standard InChI is InChI=1S/C21H18FN3O3/c1-27-9-10-28-18-8-7-14(11-17(18)22)16-12-25(15-5-3-2-4-6-15)20-19(16)21(26)24-13-23-20/h2-8,11-13H,9-10H2,1H3,(H,23,24,26). The Morgan fingerprint density at radius 3 is 2.71 bits per heavy atom. The van der Waals surface area contributed by atoms with E-state index in [0.717, 1.165) is 5.69 Å². The lowest BCUT2D eigenvalue weighted by Gasteiger charge is -2.08. The number of halogens is 1. The van der Waals surface area contributed by atoms with Crippen molar-refractivity contribution in [3.8, 4) is 22.6 Å². The molecule has 2 heterocycles. The molecular formula is C21H18FN3O3.